The Kier molecular flexibility index (Phi) is 3.16. The second-order valence-electron chi connectivity index (χ2n) is 3.48. The van der Waals surface area contributed by atoms with Crippen LogP contribution in [0.3, 0.4) is 0 Å². The molecule has 0 aliphatic carbocycles. The lowest BCUT2D eigenvalue weighted by molar-refractivity contribution is 0.574. The molecule has 0 aliphatic heterocycles. The summed E-state index contributed by atoms with van der Waals surface area (Å²) in [5.74, 6) is 0. The molecule has 0 bridgehead atoms. The van der Waals surface area contributed by atoms with Crippen LogP contribution in [-0.2, 0) is 5.41 Å². The van der Waals surface area contributed by atoms with Crippen molar-refractivity contribution in [1.29, 1.82) is 0 Å². The number of hydrogen-bond donors (Lipinski definition) is 0. The highest BCUT2D eigenvalue weighted by Gasteiger charge is 2.19. The Balaban J connectivity index is 3.06. The van der Waals surface area contributed by atoms with Crippen LogP contribution in [0, 0.1) is 0 Å². The van der Waals surface area contributed by atoms with Gasteiger partial charge in [-0.25, -0.2) is 0 Å². The molecular formula is C12H15Cl. The number of benzene rings is 1. The van der Waals surface area contributed by atoms with Gasteiger partial charge in [-0.2, -0.15) is 0 Å². The summed E-state index contributed by atoms with van der Waals surface area (Å²) in [6, 6.07) is 7.98. The zero-order valence-corrected chi connectivity index (χ0v) is 8.93. The molecule has 0 saturated heterocycles. The maximum Gasteiger partial charge on any atom is 0.0406 e. The Morgan fingerprint density at radius 3 is 2.31 bits per heavy atom. The third kappa shape index (κ3) is 2.13. The van der Waals surface area contributed by atoms with Gasteiger partial charge in [0.2, 0.25) is 0 Å². The summed E-state index contributed by atoms with van der Waals surface area (Å²) in [4.78, 5) is 0. The second kappa shape index (κ2) is 3.97. The Morgan fingerprint density at radius 1 is 1.38 bits per heavy atom. The van der Waals surface area contributed by atoms with Crippen LogP contribution in [0.15, 0.2) is 36.9 Å². The molecule has 1 unspecified atom stereocenters. The fourth-order valence-electron chi connectivity index (χ4n) is 1.30. The van der Waals surface area contributed by atoms with E-state index in [1.807, 2.05) is 18.2 Å². The van der Waals surface area contributed by atoms with Gasteiger partial charge >= 0.3 is 0 Å². The predicted octanol–water partition coefficient (Wildman–Crippen LogP) is 4.19. The smallest absolute Gasteiger partial charge is 0.0406 e. The highest BCUT2D eigenvalue weighted by atomic mass is 35.5. The summed E-state index contributed by atoms with van der Waals surface area (Å²) in [6.45, 7) is 8.22. The molecule has 0 aromatic heterocycles. The normalized spacial score (nSPS) is 15.0. The third-order valence-corrected chi connectivity index (χ3v) is 2.94. The molecule has 1 heteroatoms. The lowest BCUT2D eigenvalue weighted by Crippen LogP contribution is -2.16. The van der Waals surface area contributed by atoms with Gasteiger partial charge in [0.1, 0.15) is 0 Å². The van der Waals surface area contributed by atoms with Crippen LogP contribution < -0.4 is 0 Å². The standard InChI is InChI=1S/C12H15Cl/c1-4-12(3,5-2)10-6-8-11(13)9-7-10/h4,6-9H,1,5H2,2-3H3. The quantitative estimate of drug-likeness (QED) is 0.633. The van der Waals surface area contributed by atoms with E-state index in [-0.39, 0.29) is 5.41 Å². The van der Waals surface area contributed by atoms with Crippen molar-refractivity contribution in [3.05, 3.63) is 47.5 Å². The van der Waals surface area contributed by atoms with Crippen LogP contribution in [0.1, 0.15) is 25.8 Å². The van der Waals surface area contributed by atoms with Gasteiger partial charge in [-0.15, -0.1) is 6.58 Å². The fourth-order valence-corrected chi connectivity index (χ4v) is 1.42. The van der Waals surface area contributed by atoms with Crippen LogP contribution in [0.5, 0.6) is 0 Å². The Labute approximate surface area is 85.2 Å². The van der Waals surface area contributed by atoms with Gasteiger partial charge < -0.3 is 0 Å². The Morgan fingerprint density at radius 2 is 1.92 bits per heavy atom. The molecule has 70 valence electrons. The maximum atomic E-state index is 5.82. The SMILES string of the molecule is C=CC(C)(CC)c1ccc(Cl)cc1. The molecule has 0 saturated carbocycles. The van der Waals surface area contributed by atoms with Crippen molar-refractivity contribution in [3.8, 4) is 0 Å². The van der Waals surface area contributed by atoms with Gasteiger partial charge in [0.25, 0.3) is 0 Å². The summed E-state index contributed by atoms with van der Waals surface area (Å²) in [6.07, 6.45) is 3.05. The van der Waals surface area contributed by atoms with Crippen molar-refractivity contribution in [2.75, 3.05) is 0 Å². The summed E-state index contributed by atoms with van der Waals surface area (Å²) in [5.41, 5.74) is 1.35. The van der Waals surface area contributed by atoms with E-state index in [0.717, 1.165) is 11.4 Å². The fraction of sp³-hybridized carbons (Fsp3) is 0.333. The van der Waals surface area contributed by atoms with E-state index in [0.29, 0.717) is 0 Å². The first-order valence-corrected chi connectivity index (χ1v) is 4.90. The van der Waals surface area contributed by atoms with Crippen molar-refractivity contribution in [2.45, 2.75) is 25.7 Å². The highest BCUT2D eigenvalue weighted by Crippen LogP contribution is 2.29. The lowest BCUT2D eigenvalue weighted by atomic mass is 9.80. The summed E-state index contributed by atoms with van der Waals surface area (Å²) >= 11 is 5.82. The summed E-state index contributed by atoms with van der Waals surface area (Å²) in [5, 5.41) is 0.784. The topological polar surface area (TPSA) is 0 Å². The monoisotopic (exact) mass is 194 g/mol. The van der Waals surface area contributed by atoms with E-state index >= 15 is 0 Å². The number of allylic oxidation sites excluding steroid dienone is 1. The van der Waals surface area contributed by atoms with Gasteiger partial charge in [-0.1, -0.05) is 43.7 Å². The summed E-state index contributed by atoms with van der Waals surface area (Å²) in [7, 11) is 0. The summed E-state index contributed by atoms with van der Waals surface area (Å²) < 4.78 is 0. The zero-order valence-electron chi connectivity index (χ0n) is 8.18. The van der Waals surface area contributed by atoms with Crippen LogP contribution in [0.4, 0.5) is 0 Å². The van der Waals surface area contributed by atoms with E-state index in [1.165, 1.54) is 5.56 Å². The van der Waals surface area contributed by atoms with Gasteiger partial charge in [-0.3, -0.25) is 0 Å². The largest absolute Gasteiger partial charge is 0.102 e. The van der Waals surface area contributed by atoms with Gasteiger partial charge in [0.15, 0.2) is 0 Å². The van der Waals surface area contributed by atoms with Crippen molar-refractivity contribution in [3.63, 3.8) is 0 Å². The van der Waals surface area contributed by atoms with Crippen molar-refractivity contribution >= 4 is 11.6 Å². The minimum Gasteiger partial charge on any atom is -0.102 e. The molecule has 0 fully saturated rings. The van der Waals surface area contributed by atoms with Gasteiger partial charge in [0, 0.05) is 10.4 Å². The second-order valence-corrected chi connectivity index (χ2v) is 3.92. The third-order valence-electron chi connectivity index (χ3n) is 2.69. The molecule has 1 aromatic carbocycles. The molecular weight excluding hydrogens is 180 g/mol. The first kappa shape index (κ1) is 10.3. The maximum absolute atomic E-state index is 5.82. The molecule has 1 aromatic rings. The number of halogens is 1. The average Bonchev–Trinajstić information content (AvgIpc) is 2.18. The van der Waals surface area contributed by atoms with E-state index in [4.69, 9.17) is 11.6 Å². The van der Waals surface area contributed by atoms with Gasteiger partial charge in [-0.05, 0) is 24.1 Å². The van der Waals surface area contributed by atoms with Gasteiger partial charge in [0.05, 0.1) is 0 Å². The number of hydrogen-bond acceptors (Lipinski definition) is 0. The van der Waals surface area contributed by atoms with E-state index in [2.05, 4.69) is 32.6 Å². The van der Waals surface area contributed by atoms with Crippen molar-refractivity contribution in [2.24, 2.45) is 0 Å². The lowest BCUT2D eigenvalue weighted by Gasteiger charge is -2.24. The minimum atomic E-state index is 0.0740. The van der Waals surface area contributed by atoms with Crippen LogP contribution in [0.25, 0.3) is 0 Å². The first-order valence-electron chi connectivity index (χ1n) is 4.52. The predicted molar refractivity (Wildman–Crippen MR) is 59.3 cm³/mol. The molecule has 0 spiro atoms. The first-order chi connectivity index (χ1) is 6.12. The Hall–Kier alpha value is -0.750. The Bertz CT molecular complexity index is 286. The van der Waals surface area contributed by atoms with E-state index in [1.54, 1.807) is 0 Å². The molecule has 1 rings (SSSR count). The van der Waals surface area contributed by atoms with Crippen LogP contribution in [-0.4, -0.2) is 0 Å². The molecule has 1 atom stereocenters. The molecule has 0 radical (unpaired) electrons. The van der Waals surface area contributed by atoms with E-state index in [9.17, 15) is 0 Å². The molecule has 0 amide bonds. The molecule has 0 heterocycles. The average molecular weight is 195 g/mol. The molecule has 13 heavy (non-hydrogen) atoms. The minimum absolute atomic E-state index is 0.0740. The molecule has 0 nitrogen and oxygen atoms in total. The molecule has 0 aliphatic rings. The molecule has 0 N–H and O–H groups in total. The zero-order chi connectivity index (χ0) is 9.90. The van der Waals surface area contributed by atoms with E-state index < -0.39 is 0 Å². The number of rotatable bonds is 3. The van der Waals surface area contributed by atoms with Crippen LogP contribution in [0.2, 0.25) is 5.02 Å². The van der Waals surface area contributed by atoms with Crippen molar-refractivity contribution < 1.29 is 0 Å². The van der Waals surface area contributed by atoms with Crippen molar-refractivity contribution in [1.82, 2.24) is 0 Å². The van der Waals surface area contributed by atoms with Crippen LogP contribution >= 0.6 is 11.6 Å². The highest BCUT2D eigenvalue weighted by molar-refractivity contribution is 6.30.